The average molecular weight is 306 g/mol. The van der Waals surface area contributed by atoms with Crippen molar-refractivity contribution in [3.05, 3.63) is 30.5 Å². The Bertz CT molecular complexity index is 616. The van der Waals surface area contributed by atoms with E-state index in [4.69, 9.17) is 15.3 Å². The number of amides is 1. The normalized spacial score (nSPS) is 10.3. The number of carbonyl (C=O) groups excluding carboxylic acids is 1. The quantitative estimate of drug-likeness (QED) is 0.535. The van der Waals surface area contributed by atoms with Gasteiger partial charge in [-0.15, -0.1) is 0 Å². The summed E-state index contributed by atoms with van der Waals surface area (Å²) in [6.45, 7) is 2.92. The highest BCUT2D eigenvalue weighted by atomic mass is 16.3. The molecule has 0 saturated heterocycles. The highest BCUT2D eigenvalue weighted by Crippen LogP contribution is 2.25. The first-order valence-electron chi connectivity index (χ1n) is 6.73. The van der Waals surface area contributed by atoms with E-state index in [-0.39, 0.29) is 23.9 Å². The van der Waals surface area contributed by atoms with Gasteiger partial charge in [-0.1, -0.05) is 0 Å². The van der Waals surface area contributed by atoms with Crippen LogP contribution < -0.4 is 21.5 Å². The number of likely N-dealkylation sites (N-methyl/N-ethyl adjacent to an activating group) is 1. The predicted molar refractivity (Wildman–Crippen MR) is 81.2 cm³/mol. The number of aliphatic hydroxyl groups excluding tert-OH is 1. The Balaban J connectivity index is 2.10. The monoisotopic (exact) mass is 306 g/mol. The van der Waals surface area contributed by atoms with Crippen LogP contribution in [0.4, 0.5) is 17.3 Å². The molecule has 9 heteroatoms. The molecule has 2 rings (SSSR count). The summed E-state index contributed by atoms with van der Waals surface area (Å²) >= 11 is 0. The van der Waals surface area contributed by atoms with Crippen LogP contribution in [0.3, 0.4) is 0 Å². The summed E-state index contributed by atoms with van der Waals surface area (Å²) in [5.41, 5.74) is 11.4. The van der Waals surface area contributed by atoms with Gasteiger partial charge >= 0.3 is 5.91 Å². The zero-order valence-electron chi connectivity index (χ0n) is 12.1. The maximum atomic E-state index is 11.8. The molecule has 0 bridgehead atoms. The van der Waals surface area contributed by atoms with Gasteiger partial charge in [-0.3, -0.25) is 15.6 Å². The molecule has 118 valence electrons. The number of hydrazine groups is 1. The van der Waals surface area contributed by atoms with Gasteiger partial charge in [0.2, 0.25) is 0 Å². The van der Waals surface area contributed by atoms with Gasteiger partial charge in [0.05, 0.1) is 12.9 Å². The molecule has 0 aliphatic rings. The van der Waals surface area contributed by atoms with Crippen molar-refractivity contribution in [3.63, 3.8) is 0 Å². The molecule has 5 N–H and O–H groups in total. The average Bonchev–Trinajstić information content (AvgIpc) is 3.06. The van der Waals surface area contributed by atoms with Crippen molar-refractivity contribution in [3.8, 4) is 0 Å². The van der Waals surface area contributed by atoms with E-state index in [1.807, 2.05) is 6.92 Å². The van der Waals surface area contributed by atoms with Crippen LogP contribution in [0.5, 0.6) is 0 Å². The van der Waals surface area contributed by atoms with Crippen LogP contribution in [0.25, 0.3) is 0 Å². The first-order valence-corrected chi connectivity index (χ1v) is 6.73. The third-order valence-electron chi connectivity index (χ3n) is 2.95. The van der Waals surface area contributed by atoms with Gasteiger partial charge in [0.1, 0.15) is 12.0 Å². The topological polar surface area (TPSA) is 130 Å². The minimum absolute atomic E-state index is 0.0186. The van der Waals surface area contributed by atoms with E-state index in [0.29, 0.717) is 18.9 Å². The number of anilines is 3. The minimum Gasteiger partial charge on any atom is -0.459 e. The van der Waals surface area contributed by atoms with Crippen LogP contribution in [0.15, 0.2) is 29.1 Å². The molecule has 9 nitrogen and oxygen atoms in total. The number of hydrogen-bond acceptors (Lipinski definition) is 8. The molecule has 0 unspecified atom stereocenters. The number of nitrogens with one attached hydrogen (secondary N) is 2. The van der Waals surface area contributed by atoms with Crippen molar-refractivity contribution < 1.29 is 14.3 Å². The van der Waals surface area contributed by atoms with Crippen LogP contribution >= 0.6 is 0 Å². The highest BCUT2D eigenvalue weighted by molar-refractivity contribution is 5.92. The summed E-state index contributed by atoms with van der Waals surface area (Å²) in [6.07, 6.45) is 2.73. The number of nitrogen functional groups attached to an aromatic ring is 1. The summed E-state index contributed by atoms with van der Waals surface area (Å²) < 4.78 is 4.97. The number of carbonyl (C=O) groups is 1. The summed E-state index contributed by atoms with van der Waals surface area (Å²) in [4.78, 5) is 21.7. The zero-order chi connectivity index (χ0) is 15.9. The van der Waals surface area contributed by atoms with Crippen LogP contribution in [0.2, 0.25) is 0 Å². The van der Waals surface area contributed by atoms with Crippen LogP contribution in [-0.2, 0) is 0 Å². The maximum absolute atomic E-state index is 11.8. The van der Waals surface area contributed by atoms with Gasteiger partial charge in [-0.05, 0) is 19.1 Å². The van der Waals surface area contributed by atoms with Crippen LogP contribution in [-0.4, -0.2) is 40.7 Å². The van der Waals surface area contributed by atoms with E-state index in [9.17, 15) is 4.79 Å². The molecule has 1 amide bonds. The van der Waals surface area contributed by atoms with Crippen LogP contribution in [0, 0.1) is 0 Å². The number of furan rings is 1. The first-order chi connectivity index (χ1) is 10.7. The van der Waals surface area contributed by atoms with Crippen LogP contribution in [0.1, 0.15) is 17.5 Å². The molecule has 0 fully saturated rings. The summed E-state index contributed by atoms with van der Waals surface area (Å²) in [5.74, 6) is 0.464. The molecule has 2 aromatic rings. The van der Waals surface area contributed by atoms with E-state index in [1.165, 1.54) is 18.7 Å². The highest BCUT2D eigenvalue weighted by Gasteiger charge is 2.15. The van der Waals surface area contributed by atoms with Crippen molar-refractivity contribution in [2.75, 3.05) is 35.8 Å². The largest absolute Gasteiger partial charge is 0.459 e. The number of nitrogens with two attached hydrogens (primary N) is 1. The Morgan fingerprint density at radius 1 is 1.50 bits per heavy atom. The molecule has 0 spiro atoms. The number of hydrogen-bond donors (Lipinski definition) is 4. The Kier molecular flexibility index (Phi) is 5.15. The fraction of sp³-hybridized carbons (Fsp3) is 0.308. The fourth-order valence-electron chi connectivity index (χ4n) is 1.86. The first kappa shape index (κ1) is 15.6. The van der Waals surface area contributed by atoms with Crippen molar-refractivity contribution in [1.82, 2.24) is 15.4 Å². The second-order valence-corrected chi connectivity index (χ2v) is 4.32. The molecule has 0 atom stereocenters. The molecule has 0 aliphatic heterocycles. The number of aromatic nitrogens is 2. The van der Waals surface area contributed by atoms with E-state index in [0.717, 1.165) is 0 Å². The second kappa shape index (κ2) is 7.27. The summed E-state index contributed by atoms with van der Waals surface area (Å²) in [5, 5.41) is 9.06. The fourth-order valence-corrected chi connectivity index (χ4v) is 1.86. The third kappa shape index (κ3) is 3.44. The summed E-state index contributed by atoms with van der Waals surface area (Å²) in [7, 11) is 0. The molecule has 22 heavy (non-hydrogen) atoms. The Morgan fingerprint density at radius 3 is 2.95 bits per heavy atom. The maximum Gasteiger partial charge on any atom is 0.305 e. The molecule has 2 aromatic heterocycles. The lowest BCUT2D eigenvalue weighted by molar-refractivity contribution is 0.0935. The van der Waals surface area contributed by atoms with Crippen molar-refractivity contribution >= 4 is 23.2 Å². The Labute approximate surface area is 127 Å². The smallest absolute Gasteiger partial charge is 0.305 e. The van der Waals surface area contributed by atoms with Crippen molar-refractivity contribution in [2.45, 2.75) is 6.92 Å². The van der Waals surface area contributed by atoms with Gasteiger partial charge in [0.15, 0.2) is 17.4 Å². The van der Waals surface area contributed by atoms with Crippen molar-refractivity contribution in [2.24, 2.45) is 0 Å². The molecule has 2 heterocycles. The number of aliphatic hydroxyl groups is 1. The van der Waals surface area contributed by atoms with E-state index in [2.05, 4.69) is 20.8 Å². The lowest BCUT2D eigenvalue weighted by Crippen LogP contribution is -2.31. The molecular weight excluding hydrogens is 288 g/mol. The van der Waals surface area contributed by atoms with Gasteiger partial charge in [0, 0.05) is 13.1 Å². The molecule has 0 saturated carbocycles. The lowest BCUT2D eigenvalue weighted by Gasteiger charge is -2.23. The summed E-state index contributed by atoms with van der Waals surface area (Å²) in [6, 6.07) is 3.14. The number of rotatable bonds is 7. The molecular formula is C13H18N6O3. The number of nitrogens with zero attached hydrogens (tertiary/aromatic N) is 3. The lowest BCUT2D eigenvalue weighted by atomic mass is 10.3. The van der Waals surface area contributed by atoms with Gasteiger partial charge in [0.25, 0.3) is 0 Å². The zero-order valence-corrected chi connectivity index (χ0v) is 12.1. The SMILES string of the molecule is CCN(CCO)c1ncnc(NNC(=O)c2ccco2)c1N. The molecule has 0 radical (unpaired) electrons. The Morgan fingerprint density at radius 2 is 2.32 bits per heavy atom. The second-order valence-electron chi connectivity index (χ2n) is 4.32. The Hall–Kier alpha value is -2.81. The van der Waals surface area contributed by atoms with Gasteiger partial charge < -0.3 is 20.2 Å². The molecule has 0 aliphatic carbocycles. The third-order valence-corrected chi connectivity index (χ3v) is 2.95. The standard InChI is InChI=1S/C13H18N6O3/c1-2-19(5-6-20)12-10(14)11(15-8-16-12)17-18-13(21)9-4-3-7-22-9/h3-4,7-8,20H,2,5-6,14H2,1H3,(H,18,21)(H,15,16,17). The minimum atomic E-state index is -0.452. The van der Waals surface area contributed by atoms with E-state index < -0.39 is 5.91 Å². The van der Waals surface area contributed by atoms with Gasteiger partial charge in [-0.2, -0.15) is 0 Å². The molecule has 0 aromatic carbocycles. The van der Waals surface area contributed by atoms with Crippen molar-refractivity contribution in [1.29, 1.82) is 0 Å². The van der Waals surface area contributed by atoms with E-state index in [1.54, 1.807) is 11.0 Å². The predicted octanol–water partition coefficient (Wildman–Crippen LogP) is 0.227. The van der Waals surface area contributed by atoms with Gasteiger partial charge in [-0.25, -0.2) is 9.97 Å². The van der Waals surface area contributed by atoms with E-state index >= 15 is 0 Å².